The summed E-state index contributed by atoms with van der Waals surface area (Å²) in [5.74, 6) is -0.585. The third-order valence-corrected chi connectivity index (χ3v) is 5.43. The molecule has 0 saturated carbocycles. The Morgan fingerprint density at radius 2 is 1.76 bits per heavy atom. The number of halogens is 2. The lowest BCUT2D eigenvalue weighted by Gasteiger charge is -2.36. The molecule has 3 rings (SSSR count). The third kappa shape index (κ3) is 5.55. The van der Waals surface area contributed by atoms with Gasteiger partial charge < -0.3 is 10.2 Å². The molecule has 1 N–H and O–H groups in total. The zero-order chi connectivity index (χ0) is 21.0. The predicted molar refractivity (Wildman–Crippen MR) is 113 cm³/mol. The number of nitrogens with one attached hydrogen (secondary N) is 1. The molecule has 1 fully saturated rings. The Balaban J connectivity index is 1.50. The number of Topliss-reactive ketones (excluding diaryl/α,β-unsaturated/α-hetero) is 1. The number of benzene rings is 2. The number of amides is 1. The minimum atomic E-state index is -0.388. The molecule has 1 saturated heterocycles. The normalized spacial score (nSPS) is 15.8. The fraction of sp³-hybridized carbons (Fsp3) is 0.364. The van der Waals surface area contributed by atoms with Crippen LogP contribution in [0.3, 0.4) is 0 Å². The monoisotopic (exact) mass is 417 g/mol. The highest BCUT2D eigenvalue weighted by Gasteiger charge is 2.22. The summed E-state index contributed by atoms with van der Waals surface area (Å²) in [5, 5.41) is 3.67. The van der Waals surface area contributed by atoms with Crippen LogP contribution in [0.2, 0.25) is 5.02 Å². The van der Waals surface area contributed by atoms with E-state index in [1.807, 2.05) is 24.0 Å². The van der Waals surface area contributed by atoms with Gasteiger partial charge in [0.1, 0.15) is 5.82 Å². The maximum Gasteiger partial charge on any atom is 0.234 e. The van der Waals surface area contributed by atoms with Crippen LogP contribution in [0.15, 0.2) is 42.5 Å². The Morgan fingerprint density at radius 3 is 2.34 bits per heavy atom. The molecule has 1 heterocycles. The van der Waals surface area contributed by atoms with Gasteiger partial charge in [-0.25, -0.2) is 4.39 Å². The van der Waals surface area contributed by atoms with Crippen LogP contribution in [-0.4, -0.2) is 49.3 Å². The van der Waals surface area contributed by atoms with E-state index in [4.69, 9.17) is 11.6 Å². The van der Waals surface area contributed by atoms with Crippen molar-refractivity contribution in [1.29, 1.82) is 0 Å². The van der Waals surface area contributed by atoms with Crippen molar-refractivity contribution in [2.24, 2.45) is 0 Å². The van der Waals surface area contributed by atoms with Crippen molar-refractivity contribution in [1.82, 2.24) is 10.2 Å². The van der Waals surface area contributed by atoms with E-state index < -0.39 is 0 Å². The molecular weight excluding hydrogens is 393 g/mol. The van der Waals surface area contributed by atoms with Gasteiger partial charge in [0, 0.05) is 36.8 Å². The van der Waals surface area contributed by atoms with Crippen LogP contribution >= 0.6 is 11.6 Å². The van der Waals surface area contributed by atoms with Crippen LogP contribution in [0.5, 0.6) is 0 Å². The molecule has 29 heavy (non-hydrogen) atoms. The number of anilines is 1. The molecule has 2 aromatic carbocycles. The lowest BCUT2D eigenvalue weighted by molar-refractivity contribution is -0.123. The number of hydrogen-bond donors (Lipinski definition) is 1. The van der Waals surface area contributed by atoms with E-state index in [9.17, 15) is 14.0 Å². The van der Waals surface area contributed by atoms with Gasteiger partial charge in [0.25, 0.3) is 0 Å². The van der Waals surface area contributed by atoms with Gasteiger partial charge in [-0.05, 0) is 49.7 Å². The van der Waals surface area contributed by atoms with E-state index in [0.717, 1.165) is 5.56 Å². The van der Waals surface area contributed by atoms with Crippen LogP contribution in [0, 0.1) is 5.82 Å². The van der Waals surface area contributed by atoms with Crippen LogP contribution in [-0.2, 0) is 4.79 Å². The SMILES string of the molecule is CC(=O)c1ccc(N2CCN(CC(=O)NC(C)c3ccc(Cl)cc3)CC2)c(F)c1. The van der Waals surface area contributed by atoms with Gasteiger partial charge >= 0.3 is 0 Å². The van der Waals surface area contributed by atoms with Crippen molar-refractivity contribution in [2.75, 3.05) is 37.6 Å². The average molecular weight is 418 g/mol. The van der Waals surface area contributed by atoms with Gasteiger partial charge in [0.05, 0.1) is 18.3 Å². The predicted octanol–water partition coefficient (Wildman–Crippen LogP) is 3.68. The fourth-order valence-corrected chi connectivity index (χ4v) is 3.58. The number of nitrogens with zero attached hydrogens (tertiary/aromatic N) is 2. The summed E-state index contributed by atoms with van der Waals surface area (Å²) in [6.45, 7) is 6.23. The van der Waals surface area contributed by atoms with E-state index in [1.165, 1.54) is 13.0 Å². The highest BCUT2D eigenvalue weighted by molar-refractivity contribution is 6.30. The summed E-state index contributed by atoms with van der Waals surface area (Å²) in [6.07, 6.45) is 0. The molecule has 1 amide bonds. The summed E-state index contributed by atoms with van der Waals surface area (Å²) in [6, 6.07) is 11.9. The molecule has 5 nitrogen and oxygen atoms in total. The quantitative estimate of drug-likeness (QED) is 0.728. The van der Waals surface area contributed by atoms with Crippen molar-refractivity contribution in [2.45, 2.75) is 19.9 Å². The molecule has 0 radical (unpaired) electrons. The van der Waals surface area contributed by atoms with E-state index in [0.29, 0.717) is 49.0 Å². The Morgan fingerprint density at radius 1 is 1.10 bits per heavy atom. The second kappa shape index (κ2) is 9.37. The number of ketones is 1. The first-order chi connectivity index (χ1) is 13.8. The van der Waals surface area contributed by atoms with Gasteiger partial charge in [0.15, 0.2) is 5.78 Å². The Hall–Kier alpha value is -2.44. The van der Waals surface area contributed by atoms with Gasteiger partial charge in [-0.3, -0.25) is 14.5 Å². The Kier molecular flexibility index (Phi) is 6.87. The smallest absolute Gasteiger partial charge is 0.234 e. The molecule has 1 aliphatic rings. The van der Waals surface area contributed by atoms with Crippen molar-refractivity contribution in [3.63, 3.8) is 0 Å². The van der Waals surface area contributed by atoms with Gasteiger partial charge in [0.2, 0.25) is 5.91 Å². The van der Waals surface area contributed by atoms with Crippen molar-refractivity contribution in [3.8, 4) is 0 Å². The number of piperazine rings is 1. The lowest BCUT2D eigenvalue weighted by atomic mass is 10.1. The van der Waals surface area contributed by atoms with Gasteiger partial charge in [-0.15, -0.1) is 0 Å². The molecule has 7 heteroatoms. The zero-order valence-corrected chi connectivity index (χ0v) is 17.4. The van der Waals surface area contributed by atoms with Crippen molar-refractivity contribution in [3.05, 3.63) is 64.4 Å². The second-order valence-corrected chi connectivity index (χ2v) is 7.76. The minimum Gasteiger partial charge on any atom is -0.367 e. The summed E-state index contributed by atoms with van der Waals surface area (Å²) in [7, 11) is 0. The van der Waals surface area contributed by atoms with Crippen molar-refractivity contribution < 1.29 is 14.0 Å². The number of carbonyl (C=O) groups excluding carboxylic acids is 2. The van der Waals surface area contributed by atoms with Gasteiger partial charge in [-0.2, -0.15) is 0 Å². The van der Waals surface area contributed by atoms with Crippen LogP contribution in [0.25, 0.3) is 0 Å². The van der Waals surface area contributed by atoms with Gasteiger partial charge in [-0.1, -0.05) is 23.7 Å². The number of hydrogen-bond acceptors (Lipinski definition) is 4. The molecule has 154 valence electrons. The van der Waals surface area contributed by atoms with Crippen LogP contribution in [0.4, 0.5) is 10.1 Å². The standard InChI is InChI=1S/C22H25ClFN3O2/c1-15(17-3-6-19(23)7-4-17)25-22(29)14-26-9-11-27(12-10-26)21-8-5-18(16(2)28)13-20(21)24/h3-8,13,15H,9-12,14H2,1-2H3,(H,25,29). The number of carbonyl (C=O) groups is 2. The summed E-state index contributed by atoms with van der Waals surface area (Å²) in [5.41, 5.74) is 1.86. The van der Waals surface area contributed by atoms with Crippen LogP contribution < -0.4 is 10.2 Å². The molecule has 1 atom stereocenters. The molecule has 0 aromatic heterocycles. The van der Waals surface area contributed by atoms with E-state index in [-0.39, 0.29) is 23.5 Å². The molecule has 0 spiro atoms. The van der Waals surface area contributed by atoms with E-state index >= 15 is 0 Å². The minimum absolute atomic E-state index is 0.0436. The average Bonchev–Trinajstić information content (AvgIpc) is 2.69. The molecule has 2 aromatic rings. The summed E-state index contributed by atoms with van der Waals surface area (Å²) < 4.78 is 14.4. The highest BCUT2D eigenvalue weighted by atomic mass is 35.5. The topological polar surface area (TPSA) is 52.7 Å². The summed E-state index contributed by atoms with van der Waals surface area (Å²) >= 11 is 5.90. The second-order valence-electron chi connectivity index (χ2n) is 7.33. The maximum atomic E-state index is 14.4. The first-order valence-electron chi connectivity index (χ1n) is 9.66. The first-order valence-corrected chi connectivity index (χ1v) is 10.0. The first kappa shape index (κ1) is 21.3. The fourth-order valence-electron chi connectivity index (χ4n) is 3.45. The highest BCUT2D eigenvalue weighted by Crippen LogP contribution is 2.22. The number of rotatable bonds is 6. The Bertz CT molecular complexity index is 880. The van der Waals surface area contributed by atoms with Crippen molar-refractivity contribution >= 4 is 29.0 Å². The zero-order valence-electron chi connectivity index (χ0n) is 16.6. The maximum absolute atomic E-state index is 14.4. The van der Waals surface area contributed by atoms with E-state index in [2.05, 4.69) is 10.2 Å². The lowest BCUT2D eigenvalue weighted by Crippen LogP contribution is -2.49. The third-order valence-electron chi connectivity index (χ3n) is 5.18. The summed E-state index contributed by atoms with van der Waals surface area (Å²) in [4.78, 5) is 27.8. The molecule has 1 aliphatic heterocycles. The molecule has 0 bridgehead atoms. The molecule has 0 aliphatic carbocycles. The Labute approximate surface area is 175 Å². The largest absolute Gasteiger partial charge is 0.367 e. The van der Waals surface area contributed by atoms with Crippen LogP contribution in [0.1, 0.15) is 35.8 Å². The molecule has 1 unspecified atom stereocenters. The molecular formula is C22H25ClFN3O2. The van der Waals surface area contributed by atoms with E-state index in [1.54, 1.807) is 24.3 Å².